The maximum atomic E-state index is 15.4. The number of carbonyl (C=O) groups is 18. The summed E-state index contributed by atoms with van der Waals surface area (Å²) in [6.07, 6.45) is 4.20. The summed E-state index contributed by atoms with van der Waals surface area (Å²) in [4.78, 5) is 256. The zero-order chi connectivity index (χ0) is 107. The maximum Gasteiger partial charge on any atom is 0.303 e. The normalized spacial score (nSPS) is 18.8. The largest absolute Gasteiger partial charge is 0.508 e. The molecule has 0 radical (unpaired) electrons. The van der Waals surface area contributed by atoms with Crippen molar-refractivity contribution in [1.82, 2.24) is 101 Å². The lowest BCUT2D eigenvalue weighted by molar-refractivity contribution is -0.139. The SMILES string of the molecule is CCCC[C@H](NC(=O)[C@H](CCC(=O)O)NC(=O)[C@H](CCCNC(=N)N)NC(=O)[C@H](Cc1ccc(O)cc1)NC(=O)[C@H](CCCCN)NC(=O)[C@H](C)NC(=O)[C@@H](NC(=O)[C@]1(C)CCC/C=C\CCC[C@](C)(NC(=O)[C@H](CCCCN)NC(=O)[C@H](Cc2ccccc2)NC(=O)CCNC(C)=O)C(=O)N[C@@H](C)C(=O)N[C@@H](CCCNC(=N)N)C(=O)N[C@@H](CCCNC(=N)N)C(=O)N1)C(C)C)C(=O)N[C@@H](CC(C)C)C(N)=O. The first-order chi connectivity index (χ1) is 67.5. The molecule has 143 heavy (non-hydrogen) atoms. The molecule has 2 aromatic rings. The average molecular weight is 2010 g/mol. The minimum atomic E-state index is -1.97. The number of phenols is 1. The fourth-order valence-corrected chi connectivity index (χ4v) is 15.3. The summed E-state index contributed by atoms with van der Waals surface area (Å²) in [7, 11) is 0. The van der Waals surface area contributed by atoms with Gasteiger partial charge in [-0.25, -0.2) is 0 Å². The number of unbranched alkanes of at least 4 members (excludes halogenated alkanes) is 3. The van der Waals surface area contributed by atoms with Crippen LogP contribution in [0.3, 0.4) is 0 Å². The van der Waals surface area contributed by atoms with Gasteiger partial charge in [-0.15, -0.1) is 0 Å². The molecule has 48 heteroatoms. The van der Waals surface area contributed by atoms with E-state index in [0.717, 1.165) is 0 Å². The number of nitrogens with one attached hydrogen (secondary N) is 22. The number of primary amides is 1. The Balaban J connectivity index is 2.14. The average Bonchev–Trinajstić information content (AvgIpc) is 1.13. The molecule has 0 saturated carbocycles. The van der Waals surface area contributed by atoms with Crippen LogP contribution in [0.15, 0.2) is 66.7 Å². The lowest BCUT2D eigenvalue weighted by atomic mass is 9.90. The Hall–Kier alpha value is -13.8. The van der Waals surface area contributed by atoms with Crippen LogP contribution in [0.5, 0.6) is 5.75 Å². The smallest absolute Gasteiger partial charge is 0.303 e. The van der Waals surface area contributed by atoms with E-state index in [1.54, 1.807) is 70.2 Å². The third kappa shape index (κ3) is 48.5. The predicted octanol–water partition coefficient (Wildman–Crippen LogP) is -3.00. The number of hydrogen-bond acceptors (Lipinski definition) is 24. The van der Waals surface area contributed by atoms with Crippen LogP contribution in [0, 0.1) is 28.1 Å². The quantitative estimate of drug-likeness (QED) is 0.0136. The highest BCUT2D eigenvalue weighted by molar-refractivity contribution is 6.02. The molecule has 17 amide bonds. The fraction of sp³-hybridized carbons (Fsp3) is 0.632. The van der Waals surface area contributed by atoms with Crippen LogP contribution in [0.1, 0.15) is 241 Å². The number of aromatic hydroxyl groups is 1. The van der Waals surface area contributed by atoms with Crippen LogP contribution in [0.2, 0.25) is 0 Å². The van der Waals surface area contributed by atoms with Gasteiger partial charge in [-0.05, 0) is 211 Å². The second kappa shape index (κ2) is 65.3. The molecule has 0 bridgehead atoms. The van der Waals surface area contributed by atoms with E-state index < -0.39 is 227 Å². The van der Waals surface area contributed by atoms with Crippen LogP contribution >= 0.6 is 0 Å². The molecule has 3 rings (SSSR count). The molecule has 0 saturated heterocycles. The highest BCUT2D eigenvalue weighted by Gasteiger charge is 2.44. The van der Waals surface area contributed by atoms with Crippen molar-refractivity contribution in [2.45, 2.75) is 332 Å². The molecule has 0 aliphatic carbocycles. The van der Waals surface area contributed by atoms with E-state index in [1.807, 2.05) is 6.92 Å². The monoisotopic (exact) mass is 2010 g/mol. The Bertz CT molecular complexity index is 4590. The number of allylic oxidation sites excluding steroid dienone is 2. The van der Waals surface area contributed by atoms with Crippen LogP contribution in [-0.2, 0) is 99.1 Å². The summed E-state index contributed by atoms with van der Waals surface area (Å²) < 4.78 is 0. The molecule has 36 N–H and O–H groups in total. The number of benzene rings is 2. The van der Waals surface area contributed by atoms with Crippen molar-refractivity contribution in [1.29, 1.82) is 16.2 Å². The van der Waals surface area contributed by atoms with Gasteiger partial charge >= 0.3 is 5.97 Å². The van der Waals surface area contributed by atoms with Gasteiger partial charge in [0.25, 0.3) is 0 Å². The van der Waals surface area contributed by atoms with Gasteiger partial charge in [0.05, 0.1) is 0 Å². The van der Waals surface area contributed by atoms with Gasteiger partial charge in [0.15, 0.2) is 17.9 Å². The fourth-order valence-electron chi connectivity index (χ4n) is 15.3. The number of amides is 17. The first kappa shape index (κ1) is 123. The van der Waals surface area contributed by atoms with Crippen molar-refractivity contribution < 1.29 is 96.5 Å². The molecule has 2 aromatic carbocycles. The minimum Gasteiger partial charge on any atom is -0.508 e. The summed E-state index contributed by atoms with van der Waals surface area (Å²) >= 11 is 0. The Kier molecular flexibility index (Phi) is 56.3. The summed E-state index contributed by atoms with van der Waals surface area (Å²) in [6.45, 7) is 15.6. The molecule has 0 fully saturated rings. The van der Waals surface area contributed by atoms with Crippen LogP contribution in [0.4, 0.5) is 0 Å². The lowest BCUT2D eigenvalue weighted by Crippen LogP contribution is -2.65. The van der Waals surface area contributed by atoms with Gasteiger partial charge in [-0.1, -0.05) is 102 Å². The summed E-state index contributed by atoms with van der Waals surface area (Å²) in [6, 6.07) is -4.66. The number of carboxylic acid groups (broad SMARTS) is 1. The number of hydrogen-bond donors (Lipinski definition) is 30. The third-order valence-electron chi connectivity index (χ3n) is 23.6. The number of guanidine groups is 3. The topological polar surface area (TPSA) is 804 Å². The van der Waals surface area contributed by atoms with E-state index in [-0.39, 0.29) is 185 Å². The summed E-state index contributed by atoms with van der Waals surface area (Å²) in [5, 5.41) is 94.1. The van der Waals surface area contributed by atoms with E-state index in [1.165, 1.54) is 58.9 Å². The Morgan fingerprint density at radius 3 is 1.39 bits per heavy atom. The van der Waals surface area contributed by atoms with Crippen molar-refractivity contribution in [3.8, 4) is 5.75 Å². The van der Waals surface area contributed by atoms with Gasteiger partial charge in [0.1, 0.15) is 95.4 Å². The number of carboxylic acids is 1. The Morgan fingerprint density at radius 2 is 0.909 bits per heavy atom. The van der Waals surface area contributed by atoms with E-state index in [4.69, 9.17) is 50.6 Å². The van der Waals surface area contributed by atoms with Crippen molar-refractivity contribution in [3.63, 3.8) is 0 Å². The number of nitrogens with two attached hydrogens (primary N) is 6. The van der Waals surface area contributed by atoms with Crippen molar-refractivity contribution in [2.75, 3.05) is 39.3 Å². The molecule has 48 nitrogen and oxygen atoms in total. The van der Waals surface area contributed by atoms with Crippen molar-refractivity contribution in [2.24, 2.45) is 46.2 Å². The molecule has 15 atom stereocenters. The summed E-state index contributed by atoms with van der Waals surface area (Å²) in [5.74, 6) is -18.3. The van der Waals surface area contributed by atoms with Crippen molar-refractivity contribution in [3.05, 3.63) is 77.9 Å². The van der Waals surface area contributed by atoms with Crippen LogP contribution in [-0.4, -0.2) is 263 Å². The first-order valence-electron chi connectivity index (χ1n) is 49.0. The van der Waals surface area contributed by atoms with Gasteiger partial charge in [-0.2, -0.15) is 0 Å². The van der Waals surface area contributed by atoms with Crippen LogP contribution in [0.25, 0.3) is 0 Å². The highest BCUT2D eigenvalue weighted by Crippen LogP contribution is 2.23. The molecular formula is C95H158N28O20. The Labute approximate surface area is 835 Å². The minimum absolute atomic E-state index is 0.00274. The lowest BCUT2D eigenvalue weighted by Gasteiger charge is -2.34. The predicted molar refractivity (Wildman–Crippen MR) is 535 cm³/mol. The number of phenolic OH excluding ortho intramolecular Hbond substituents is 1. The van der Waals surface area contributed by atoms with E-state index >= 15 is 14.4 Å². The third-order valence-corrected chi connectivity index (χ3v) is 23.6. The summed E-state index contributed by atoms with van der Waals surface area (Å²) in [5.41, 5.74) is 31.4. The van der Waals surface area contributed by atoms with Crippen LogP contribution < -0.4 is 135 Å². The Morgan fingerprint density at radius 1 is 0.469 bits per heavy atom. The molecule has 1 heterocycles. The highest BCUT2D eigenvalue weighted by atomic mass is 16.4. The van der Waals surface area contributed by atoms with Gasteiger partial charge < -0.3 is 146 Å². The number of rotatable bonds is 58. The van der Waals surface area contributed by atoms with Gasteiger partial charge in [-0.3, -0.25) is 103 Å². The maximum absolute atomic E-state index is 15.4. The van der Waals surface area contributed by atoms with Gasteiger partial charge in [0.2, 0.25) is 100 Å². The molecule has 798 valence electrons. The first-order valence-corrected chi connectivity index (χ1v) is 49.0. The second-order valence-corrected chi connectivity index (χ2v) is 37.1. The molecule has 0 unspecified atom stereocenters. The molecule has 0 spiro atoms. The van der Waals surface area contributed by atoms with E-state index in [0.29, 0.717) is 43.2 Å². The molecule has 1 aliphatic heterocycles. The van der Waals surface area contributed by atoms with Crippen molar-refractivity contribution >= 4 is 124 Å². The van der Waals surface area contributed by atoms with E-state index in [2.05, 4.69) is 101 Å². The van der Waals surface area contributed by atoms with Gasteiger partial charge in [0, 0.05) is 58.8 Å². The zero-order valence-electron chi connectivity index (χ0n) is 84.1. The molecular weight excluding hydrogens is 1850 g/mol. The molecule has 1 aliphatic rings. The second-order valence-electron chi connectivity index (χ2n) is 37.1. The standard InChI is InChI=1S/C95H158N28O20/c1-11-12-31-63(81(134)119-70(76(98)129)52-55(2)3)114-83(136)69(41-42-74(127)128)118-80(133)66(35-27-49-107-92(101)102)115-85(138)72(54-61-37-39-62(125)40-38-61)120-82(135)64(32-20-24-46-96)112-77(130)57(6)109-88(141)75(56(4)5)121-90(143)95(10)45-23-16-14-13-15-22-44-94(9,122-86(139)67(33-21-25-47-97)117-84(137)71(53-60-29-18-17-19-30-60)111-73(126)43-51-105-59(8)124)89(142)110-58(7)78(131)113-65(34-26-48-106-91(99)100)79(132)116-68(87(140)123-95)36-28-50-108-93(103)104/h13-14,17-19,29-30,37-40,55-58,63-72,75,125H,11-12,15-16,20-28,31-36,41-54,96-97H2,1-10H3,(H2,98,129)(H,105,124)(H,109,141)(H,110,142)(H,111,126)(H,112,130)(H,113,131)(H,114,136)(H,115,138)(H,116,132)(H,117,137)(H,118,133)(H,119,134)(H,120,135)(H,121,143)(H,122,139)(H,123,140)(H,127,128)(H4,99,100,106)(H4,101,102,107)(H4,103,104,108)/b14-13-/t57-,58-,63-,64-,65-,66-,67-,68-,69-,70-,71-,72-,75-,94-,95-/m0/s1. The number of aliphatic carboxylic acids is 1. The molecule has 0 aromatic heterocycles. The van der Waals surface area contributed by atoms with E-state index in [9.17, 15) is 82.1 Å². The number of carbonyl (C=O) groups excluding carboxylic acids is 17. The zero-order valence-corrected chi connectivity index (χ0v) is 84.1.